The van der Waals surface area contributed by atoms with Gasteiger partial charge >= 0.3 is 0 Å². The molecule has 0 saturated heterocycles. The quantitative estimate of drug-likeness (QED) is 0.607. The Labute approximate surface area is 166 Å². The van der Waals surface area contributed by atoms with Gasteiger partial charge in [-0.05, 0) is 50.3 Å². The smallest absolute Gasteiger partial charge is 0.231 e. The first-order valence-electron chi connectivity index (χ1n) is 9.38. The Kier molecular flexibility index (Phi) is 6.25. The molecule has 6 heteroatoms. The molecule has 0 N–H and O–H groups in total. The van der Waals surface area contributed by atoms with E-state index >= 15 is 0 Å². The molecule has 0 saturated carbocycles. The summed E-state index contributed by atoms with van der Waals surface area (Å²) in [6, 6.07) is 5.51. The Balaban J connectivity index is 2.04. The number of rotatable bonds is 7. The first kappa shape index (κ1) is 19.2. The van der Waals surface area contributed by atoms with Gasteiger partial charge in [-0.1, -0.05) is 37.0 Å². The first-order valence-corrected chi connectivity index (χ1v) is 10.1. The van der Waals surface area contributed by atoms with E-state index in [1.165, 1.54) is 11.3 Å². The van der Waals surface area contributed by atoms with E-state index in [-0.39, 0.29) is 0 Å². The lowest BCUT2D eigenvalue weighted by Crippen LogP contribution is -2.28. The minimum Gasteiger partial charge on any atom is -0.356 e. The lowest BCUT2D eigenvalue weighted by molar-refractivity contribution is 0.726. The summed E-state index contributed by atoms with van der Waals surface area (Å²) in [7, 11) is 1.96. The molecule has 0 aliphatic heterocycles. The largest absolute Gasteiger partial charge is 0.356 e. The third kappa shape index (κ3) is 3.91. The van der Waals surface area contributed by atoms with Gasteiger partial charge in [0.1, 0.15) is 5.82 Å². The predicted molar refractivity (Wildman–Crippen MR) is 111 cm³/mol. The summed E-state index contributed by atoms with van der Waals surface area (Å²) in [5, 5.41) is 1.23. The monoisotopic (exact) mass is 392 g/mol. The minimum absolute atomic E-state index is 0.602. The molecule has 0 bridgehead atoms. The van der Waals surface area contributed by atoms with Crippen LogP contribution in [-0.4, -0.2) is 30.1 Å². The van der Waals surface area contributed by atoms with E-state index in [0.717, 1.165) is 56.7 Å². The van der Waals surface area contributed by atoms with Gasteiger partial charge in [0.2, 0.25) is 5.95 Å². The number of hydrogen-bond donors (Lipinski definition) is 0. The van der Waals surface area contributed by atoms with Gasteiger partial charge in [-0.2, -0.15) is 4.98 Å². The van der Waals surface area contributed by atoms with Crippen molar-refractivity contribution in [3.8, 4) is 0 Å². The molecule has 0 atom stereocenters. The molecule has 3 rings (SSSR count). The lowest BCUT2D eigenvalue weighted by atomic mass is 10.2. The number of benzene rings is 1. The summed E-state index contributed by atoms with van der Waals surface area (Å²) < 4.78 is 0. The maximum absolute atomic E-state index is 6.40. The fourth-order valence-corrected chi connectivity index (χ4v) is 4.07. The van der Waals surface area contributed by atoms with E-state index < -0.39 is 0 Å². The normalized spacial score (nSPS) is 13.0. The highest BCUT2D eigenvalue weighted by atomic mass is 35.5. The Morgan fingerprint density at radius 3 is 2.42 bits per heavy atom. The van der Waals surface area contributed by atoms with Crippen LogP contribution in [0.3, 0.4) is 0 Å². The third-order valence-electron chi connectivity index (χ3n) is 4.76. The molecule has 4 nitrogen and oxygen atoms in total. The van der Waals surface area contributed by atoms with Gasteiger partial charge in [0.15, 0.2) is 0 Å². The van der Waals surface area contributed by atoms with Gasteiger partial charge in [0.25, 0.3) is 0 Å². The Bertz CT molecular complexity index is 773. The van der Waals surface area contributed by atoms with Crippen LogP contribution in [0.4, 0.5) is 17.5 Å². The van der Waals surface area contributed by atoms with E-state index in [9.17, 15) is 0 Å². The summed E-state index contributed by atoms with van der Waals surface area (Å²) in [6.07, 6.45) is 5.45. The first-order chi connectivity index (χ1) is 12.5. The molecule has 26 heavy (non-hydrogen) atoms. The Morgan fingerprint density at radius 1 is 1.04 bits per heavy atom. The number of hydrogen-bond acceptors (Lipinski definition) is 4. The fourth-order valence-electron chi connectivity index (χ4n) is 3.54. The van der Waals surface area contributed by atoms with Crippen LogP contribution in [0.1, 0.15) is 44.4 Å². The van der Waals surface area contributed by atoms with Crippen LogP contribution in [0.25, 0.3) is 0 Å². The Hall–Kier alpha value is -1.52. The highest BCUT2D eigenvalue weighted by molar-refractivity contribution is 6.36. The summed E-state index contributed by atoms with van der Waals surface area (Å²) in [6.45, 7) is 6.46. The summed E-state index contributed by atoms with van der Waals surface area (Å²) in [5.41, 5.74) is 3.36. The molecule has 2 aromatic rings. The SMILES string of the molecule is CCCN(CCC)c1nc(N(C)c2ccc(Cl)cc2Cl)nc2c1CCC2. The second kappa shape index (κ2) is 8.45. The molecule has 0 radical (unpaired) electrons. The number of anilines is 3. The van der Waals surface area contributed by atoms with Crippen molar-refractivity contribution >= 4 is 40.7 Å². The zero-order chi connectivity index (χ0) is 18.7. The highest BCUT2D eigenvalue weighted by Crippen LogP contribution is 2.35. The maximum Gasteiger partial charge on any atom is 0.231 e. The molecule has 1 aliphatic rings. The van der Waals surface area contributed by atoms with E-state index in [1.807, 2.05) is 24.1 Å². The van der Waals surface area contributed by atoms with Gasteiger partial charge in [-0.25, -0.2) is 4.98 Å². The van der Waals surface area contributed by atoms with E-state index in [2.05, 4.69) is 18.7 Å². The van der Waals surface area contributed by atoms with Gasteiger partial charge in [-0.3, -0.25) is 0 Å². The second-order valence-corrected chi connectivity index (χ2v) is 7.61. The zero-order valence-corrected chi connectivity index (χ0v) is 17.2. The molecule has 1 aromatic carbocycles. The van der Waals surface area contributed by atoms with Crippen molar-refractivity contribution in [3.05, 3.63) is 39.5 Å². The third-order valence-corrected chi connectivity index (χ3v) is 5.29. The average Bonchev–Trinajstić information content (AvgIpc) is 3.09. The van der Waals surface area contributed by atoms with Gasteiger partial charge in [-0.15, -0.1) is 0 Å². The molecule has 1 heterocycles. The molecular weight excluding hydrogens is 367 g/mol. The van der Waals surface area contributed by atoms with Crippen LogP contribution in [-0.2, 0) is 12.8 Å². The number of halogens is 2. The molecule has 140 valence electrons. The van der Waals surface area contributed by atoms with Crippen molar-refractivity contribution in [1.82, 2.24) is 9.97 Å². The number of fused-ring (bicyclic) bond motifs is 1. The number of aryl methyl sites for hydroxylation is 1. The fraction of sp³-hybridized carbons (Fsp3) is 0.500. The van der Waals surface area contributed by atoms with E-state index in [0.29, 0.717) is 16.0 Å². The van der Waals surface area contributed by atoms with Crippen LogP contribution in [0.2, 0.25) is 10.0 Å². The van der Waals surface area contributed by atoms with E-state index in [1.54, 1.807) is 6.07 Å². The van der Waals surface area contributed by atoms with Crippen LogP contribution >= 0.6 is 23.2 Å². The lowest BCUT2D eigenvalue weighted by Gasteiger charge is -2.27. The molecule has 1 aliphatic carbocycles. The standard InChI is InChI=1S/C20H26Cl2N4/c1-4-11-26(12-5-2)19-15-7-6-8-17(15)23-20(24-19)25(3)18-10-9-14(21)13-16(18)22/h9-10,13H,4-8,11-12H2,1-3H3. The molecule has 0 spiro atoms. The van der Waals surface area contributed by atoms with Crippen LogP contribution in [0, 0.1) is 0 Å². The second-order valence-electron chi connectivity index (χ2n) is 6.77. The van der Waals surface area contributed by atoms with E-state index in [4.69, 9.17) is 33.2 Å². The predicted octanol–water partition coefficient (Wildman–Crippen LogP) is 5.67. The van der Waals surface area contributed by atoms with Crippen molar-refractivity contribution in [2.45, 2.75) is 46.0 Å². The van der Waals surface area contributed by atoms with Gasteiger partial charge in [0, 0.05) is 30.7 Å². The molecular formula is C20H26Cl2N4. The van der Waals surface area contributed by atoms with Crippen molar-refractivity contribution in [3.63, 3.8) is 0 Å². The van der Waals surface area contributed by atoms with Gasteiger partial charge in [0.05, 0.1) is 16.4 Å². The van der Waals surface area contributed by atoms with Crippen molar-refractivity contribution in [2.24, 2.45) is 0 Å². The Morgan fingerprint density at radius 2 is 1.77 bits per heavy atom. The number of aromatic nitrogens is 2. The number of nitrogens with zero attached hydrogens (tertiary/aromatic N) is 4. The minimum atomic E-state index is 0.602. The van der Waals surface area contributed by atoms with Crippen molar-refractivity contribution in [2.75, 3.05) is 29.9 Å². The zero-order valence-electron chi connectivity index (χ0n) is 15.7. The van der Waals surface area contributed by atoms with Crippen LogP contribution in [0.15, 0.2) is 18.2 Å². The molecule has 1 aromatic heterocycles. The summed E-state index contributed by atoms with van der Waals surface area (Å²) in [4.78, 5) is 14.2. The van der Waals surface area contributed by atoms with Crippen LogP contribution in [0.5, 0.6) is 0 Å². The van der Waals surface area contributed by atoms with Crippen molar-refractivity contribution < 1.29 is 0 Å². The molecule has 0 amide bonds. The maximum atomic E-state index is 6.40. The average molecular weight is 393 g/mol. The molecule has 0 unspecified atom stereocenters. The molecule has 0 fully saturated rings. The van der Waals surface area contributed by atoms with Crippen molar-refractivity contribution in [1.29, 1.82) is 0 Å². The highest BCUT2D eigenvalue weighted by Gasteiger charge is 2.24. The summed E-state index contributed by atoms with van der Waals surface area (Å²) >= 11 is 12.4. The van der Waals surface area contributed by atoms with Crippen LogP contribution < -0.4 is 9.80 Å². The topological polar surface area (TPSA) is 32.3 Å². The summed E-state index contributed by atoms with van der Waals surface area (Å²) in [5.74, 6) is 1.80. The van der Waals surface area contributed by atoms with Gasteiger partial charge < -0.3 is 9.80 Å².